The number of nitrogens with zero attached hydrogens (tertiary/aromatic N) is 3. The highest BCUT2D eigenvalue weighted by Crippen LogP contribution is 2.45. The third kappa shape index (κ3) is 4.89. The first kappa shape index (κ1) is 31.6. The Morgan fingerprint density at radius 1 is 0.386 bits per heavy atom. The highest BCUT2D eigenvalue weighted by molar-refractivity contribution is 6.19. The SMILES string of the molecule is c1ccc(-c2cc(-c3ccccc3)c3oc4cccc(-c5nc(-c6ccc7c(c6)c6ccccc6n7-c6ccccc6)nc6c5oc5ccccc56)c4c3c2)cc1. The molecule has 0 bridgehead atoms. The Morgan fingerprint density at radius 2 is 1.04 bits per heavy atom. The number of rotatable bonds is 5. The molecule has 0 N–H and O–H groups in total. The monoisotopic (exact) mass is 729 g/mol. The molecule has 12 aromatic rings. The minimum absolute atomic E-state index is 0.627. The van der Waals surface area contributed by atoms with E-state index in [0.717, 1.165) is 99.6 Å². The van der Waals surface area contributed by atoms with Crippen molar-refractivity contribution >= 4 is 65.8 Å². The van der Waals surface area contributed by atoms with Crippen LogP contribution in [0.2, 0.25) is 0 Å². The Balaban J connectivity index is 1.14. The van der Waals surface area contributed by atoms with E-state index in [4.69, 9.17) is 18.8 Å². The number of benzene rings is 8. The van der Waals surface area contributed by atoms with Crippen molar-refractivity contribution in [1.29, 1.82) is 0 Å². The summed E-state index contributed by atoms with van der Waals surface area (Å²) in [6, 6.07) is 65.5. The molecule has 0 radical (unpaired) electrons. The third-order valence-electron chi connectivity index (χ3n) is 11.2. The zero-order chi connectivity index (χ0) is 37.5. The fraction of sp³-hybridized carbons (Fsp3) is 0. The molecule has 266 valence electrons. The molecule has 0 aliphatic rings. The van der Waals surface area contributed by atoms with Gasteiger partial charge in [0.1, 0.15) is 28.0 Å². The summed E-state index contributed by atoms with van der Waals surface area (Å²) < 4.78 is 15.8. The topological polar surface area (TPSA) is 57.0 Å². The number of hydrogen-bond donors (Lipinski definition) is 0. The lowest BCUT2D eigenvalue weighted by molar-refractivity contribution is 0.667. The second-order valence-corrected chi connectivity index (χ2v) is 14.5. The summed E-state index contributed by atoms with van der Waals surface area (Å²) in [4.78, 5) is 10.7. The Labute approximate surface area is 326 Å². The van der Waals surface area contributed by atoms with E-state index in [-0.39, 0.29) is 0 Å². The van der Waals surface area contributed by atoms with Crippen molar-refractivity contribution < 1.29 is 8.83 Å². The number of para-hydroxylation sites is 3. The summed E-state index contributed by atoms with van der Waals surface area (Å²) in [5, 5.41) is 5.25. The lowest BCUT2D eigenvalue weighted by Gasteiger charge is -2.10. The van der Waals surface area contributed by atoms with Crippen LogP contribution in [0, 0.1) is 0 Å². The lowest BCUT2D eigenvalue weighted by Crippen LogP contribution is -1.95. The molecule has 0 saturated heterocycles. The molecular formula is C52H31N3O2. The standard InChI is InChI=1S/C52H31N3O2/c1-4-15-32(16-5-1)35-30-40(33-17-6-2-7-18-33)50-42(31-35)47-39(23-14-26-46(47)57-50)49-51-48(38-22-11-13-25-45(38)56-51)53-52(54-49)34-27-28-44-41(29-34)37-21-10-12-24-43(37)55(44)36-19-8-3-9-20-36/h1-31H. The van der Waals surface area contributed by atoms with Crippen molar-refractivity contribution in [3.63, 3.8) is 0 Å². The second kappa shape index (κ2) is 12.4. The van der Waals surface area contributed by atoms with Crippen molar-refractivity contribution in [3.05, 3.63) is 188 Å². The van der Waals surface area contributed by atoms with Gasteiger partial charge in [0.2, 0.25) is 0 Å². The zero-order valence-corrected chi connectivity index (χ0v) is 30.6. The molecule has 0 saturated carbocycles. The van der Waals surface area contributed by atoms with Gasteiger partial charge in [0.15, 0.2) is 11.4 Å². The maximum atomic E-state index is 6.83. The first-order chi connectivity index (χ1) is 28.3. The van der Waals surface area contributed by atoms with Gasteiger partial charge in [0, 0.05) is 49.3 Å². The van der Waals surface area contributed by atoms with Crippen molar-refractivity contribution in [2.45, 2.75) is 0 Å². The summed E-state index contributed by atoms with van der Waals surface area (Å²) >= 11 is 0. The quantitative estimate of drug-likeness (QED) is 0.177. The summed E-state index contributed by atoms with van der Waals surface area (Å²) in [6.07, 6.45) is 0. The van der Waals surface area contributed by atoms with Gasteiger partial charge in [0.25, 0.3) is 0 Å². The van der Waals surface area contributed by atoms with E-state index >= 15 is 0 Å². The summed E-state index contributed by atoms with van der Waals surface area (Å²) in [5.41, 5.74) is 14.1. The van der Waals surface area contributed by atoms with Crippen molar-refractivity contribution in [1.82, 2.24) is 14.5 Å². The molecule has 0 aliphatic carbocycles. The maximum Gasteiger partial charge on any atom is 0.180 e. The van der Waals surface area contributed by atoms with Gasteiger partial charge >= 0.3 is 0 Å². The van der Waals surface area contributed by atoms with Crippen LogP contribution in [0.1, 0.15) is 0 Å². The number of fused-ring (bicyclic) bond motifs is 9. The summed E-state index contributed by atoms with van der Waals surface area (Å²) in [6.45, 7) is 0. The first-order valence-electron chi connectivity index (χ1n) is 19.2. The van der Waals surface area contributed by atoms with Crippen LogP contribution in [-0.2, 0) is 0 Å². The van der Waals surface area contributed by atoms with E-state index in [9.17, 15) is 0 Å². The molecular weight excluding hydrogens is 699 g/mol. The molecule has 8 aromatic carbocycles. The van der Waals surface area contributed by atoms with Crippen LogP contribution in [0.15, 0.2) is 197 Å². The molecule has 0 aliphatic heterocycles. The molecule has 5 nitrogen and oxygen atoms in total. The minimum Gasteiger partial charge on any atom is -0.455 e. The van der Waals surface area contributed by atoms with Gasteiger partial charge < -0.3 is 13.4 Å². The third-order valence-corrected chi connectivity index (χ3v) is 11.2. The molecule has 0 unspecified atom stereocenters. The zero-order valence-electron chi connectivity index (χ0n) is 30.6. The van der Waals surface area contributed by atoms with E-state index in [0.29, 0.717) is 11.4 Å². The largest absolute Gasteiger partial charge is 0.455 e. The average molecular weight is 730 g/mol. The van der Waals surface area contributed by atoms with Crippen LogP contribution in [0.5, 0.6) is 0 Å². The van der Waals surface area contributed by atoms with Crippen LogP contribution in [0.25, 0.3) is 116 Å². The number of hydrogen-bond acceptors (Lipinski definition) is 4. The lowest BCUT2D eigenvalue weighted by atomic mass is 9.94. The minimum atomic E-state index is 0.627. The van der Waals surface area contributed by atoms with Crippen LogP contribution in [0.3, 0.4) is 0 Å². The molecule has 0 atom stereocenters. The highest BCUT2D eigenvalue weighted by Gasteiger charge is 2.24. The van der Waals surface area contributed by atoms with E-state index < -0.39 is 0 Å². The molecule has 0 amide bonds. The van der Waals surface area contributed by atoms with Crippen LogP contribution in [-0.4, -0.2) is 14.5 Å². The predicted molar refractivity (Wildman–Crippen MR) is 233 cm³/mol. The van der Waals surface area contributed by atoms with E-state index in [1.54, 1.807) is 0 Å². The van der Waals surface area contributed by atoms with Gasteiger partial charge in [-0.25, -0.2) is 9.97 Å². The smallest absolute Gasteiger partial charge is 0.180 e. The van der Waals surface area contributed by atoms with Gasteiger partial charge in [-0.15, -0.1) is 0 Å². The first-order valence-corrected chi connectivity index (χ1v) is 19.2. The molecule has 5 heteroatoms. The summed E-state index contributed by atoms with van der Waals surface area (Å²) in [7, 11) is 0. The fourth-order valence-electron chi connectivity index (χ4n) is 8.63. The highest BCUT2D eigenvalue weighted by atomic mass is 16.3. The Kier molecular flexibility index (Phi) is 6.86. The van der Waals surface area contributed by atoms with Crippen molar-refractivity contribution in [2.24, 2.45) is 0 Å². The fourth-order valence-corrected chi connectivity index (χ4v) is 8.63. The van der Waals surface area contributed by atoms with E-state index in [1.807, 2.05) is 36.4 Å². The molecule has 4 aromatic heterocycles. The van der Waals surface area contributed by atoms with Crippen LogP contribution < -0.4 is 0 Å². The number of furan rings is 2. The molecule has 0 fully saturated rings. The van der Waals surface area contributed by atoms with E-state index in [2.05, 4.69) is 156 Å². The predicted octanol–water partition coefficient (Wildman–Crippen LogP) is 14.0. The second-order valence-electron chi connectivity index (χ2n) is 14.5. The maximum absolute atomic E-state index is 6.83. The van der Waals surface area contributed by atoms with Gasteiger partial charge in [-0.1, -0.05) is 121 Å². The van der Waals surface area contributed by atoms with Crippen LogP contribution in [0.4, 0.5) is 0 Å². The average Bonchev–Trinajstić information content (AvgIpc) is 3.96. The van der Waals surface area contributed by atoms with Crippen LogP contribution >= 0.6 is 0 Å². The molecule has 0 spiro atoms. The van der Waals surface area contributed by atoms with Gasteiger partial charge in [-0.05, 0) is 83.4 Å². The Morgan fingerprint density at radius 3 is 1.86 bits per heavy atom. The molecule has 57 heavy (non-hydrogen) atoms. The normalized spacial score (nSPS) is 11.9. The molecule has 4 heterocycles. The van der Waals surface area contributed by atoms with Crippen molar-refractivity contribution in [2.75, 3.05) is 0 Å². The van der Waals surface area contributed by atoms with E-state index in [1.165, 1.54) is 5.39 Å². The Bertz CT molecular complexity index is 3510. The summed E-state index contributed by atoms with van der Waals surface area (Å²) in [5.74, 6) is 0.627. The Hall–Kier alpha value is -7.76. The van der Waals surface area contributed by atoms with Gasteiger partial charge in [-0.3, -0.25) is 0 Å². The van der Waals surface area contributed by atoms with Crippen molar-refractivity contribution in [3.8, 4) is 50.6 Å². The van der Waals surface area contributed by atoms with Gasteiger partial charge in [-0.2, -0.15) is 0 Å². The van der Waals surface area contributed by atoms with Gasteiger partial charge in [0.05, 0.1) is 11.0 Å². The molecule has 12 rings (SSSR count). The number of aromatic nitrogens is 3.